The number of carbonyl (C=O) groups is 1. The molecule has 1 amide bonds. The third-order valence-corrected chi connectivity index (χ3v) is 6.32. The maximum atomic E-state index is 13.0. The molecule has 0 fully saturated rings. The van der Waals surface area contributed by atoms with Gasteiger partial charge in [-0.05, 0) is 42.1 Å². The summed E-state index contributed by atoms with van der Waals surface area (Å²) >= 11 is 7.72. The molecule has 0 bridgehead atoms. The summed E-state index contributed by atoms with van der Waals surface area (Å²) in [6.45, 7) is 1.85. The van der Waals surface area contributed by atoms with Crippen LogP contribution in [0, 0.1) is 0 Å². The molecule has 0 saturated carbocycles. The summed E-state index contributed by atoms with van der Waals surface area (Å²) in [6, 6.07) is 18.0. The minimum Gasteiger partial charge on any atom is -0.347 e. The van der Waals surface area contributed by atoms with Crippen LogP contribution >= 0.6 is 22.9 Å². The molecule has 8 heteroatoms. The highest BCUT2D eigenvalue weighted by atomic mass is 35.5. The first kappa shape index (κ1) is 21.1. The van der Waals surface area contributed by atoms with Crippen molar-refractivity contribution in [1.29, 1.82) is 0 Å². The van der Waals surface area contributed by atoms with Crippen molar-refractivity contribution < 1.29 is 4.79 Å². The zero-order valence-electron chi connectivity index (χ0n) is 16.7. The Morgan fingerprint density at radius 1 is 1.00 bits per heavy atom. The molecule has 0 unspecified atom stereocenters. The number of benzene rings is 2. The normalized spacial score (nSPS) is 12.1. The van der Waals surface area contributed by atoms with Crippen LogP contribution in [0.3, 0.4) is 0 Å². The Balaban J connectivity index is 1.74. The molecule has 1 N–H and O–H groups in total. The van der Waals surface area contributed by atoms with Gasteiger partial charge in [0.1, 0.15) is 6.54 Å². The summed E-state index contributed by atoms with van der Waals surface area (Å²) in [5, 5.41) is 5.23. The molecule has 158 valence electrons. The van der Waals surface area contributed by atoms with E-state index in [-0.39, 0.29) is 25.0 Å². The Hall–Kier alpha value is -3.16. The molecule has 0 radical (unpaired) electrons. The number of halogens is 1. The first-order chi connectivity index (χ1) is 14.9. The lowest BCUT2D eigenvalue weighted by Crippen LogP contribution is -2.44. The minimum absolute atomic E-state index is 0.198. The second-order valence-electron chi connectivity index (χ2n) is 7.21. The van der Waals surface area contributed by atoms with Gasteiger partial charge in [-0.1, -0.05) is 48.0 Å². The van der Waals surface area contributed by atoms with Gasteiger partial charge in [0.2, 0.25) is 5.91 Å². The van der Waals surface area contributed by atoms with Crippen molar-refractivity contribution in [3.8, 4) is 0 Å². The van der Waals surface area contributed by atoms with Crippen molar-refractivity contribution >= 4 is 39.9 Å². The van der Waals surface area contributed by atoms with Crippen LogP contribution in [0.25, 0.3) is 11.0 Å². The van der Waals surface area contributed by atoms with Gasteiger partial charge in [-0.3, -0.25) is 23.5 Å². The van der Waals surface area contributed by atoms with Gasteiger partial charge >= 0.3 is 11.1 Å². The molecule has 2 aromatic carbocycles. The predicted octanol–water partition coefficient (Wildman–Crippen LogP) is 3.80. The summed E-state index contributed by atoms with van der Waals surface area (Å²) in [5.41, 5.74) is 0.423. The Bertz CT molecular complexity index is 1340. The average Bonchev–Trinajstić information content (AvgIpc) is 3.30. The van der Waals surface area contributed by atoms with E-state index in [2.05, 4.69) is 5.32 Å². The van der Waals surface area contributed by atoms with Crippen LogP contribution in [0.2, 0.25) is 5.02 Å². The third-order valence-electron chi connectivity index (χ3n) is 5.02. The monoisotopic (exact) mass is 453 g/mol. The number of rotatable bonds is 6. The van der Waals surface area contributed by atoms with E-state index in [0.717, 1.165) is 10.4 Å². The van der Waals surface area contributed by atoms with Crippen molar-refractivity contribution in [3.63, 3.8) is 0 Å². The van der Waals surface area contributed by atoms with Crippen molar-refractivity contribution in [2.24, 2.45) is 0 Å². The highest BCUT2D eigenvalue weighted by Gasteiger charge is 2.17. The highest BCUT2D eigenvalue weighted by Crippen LogP contribution is 2.20. The van der Waals surface area contributed by atoms with Gasteiger partial charge in [0.05, 0.1) is 23.6 Å². The van der Waals surface area contributed by atoms with Crippen LogP contribution in [-0.4, -0.2) is 15.0 Å². The topological polar surface area (TPSA) is 73.1 Å². The quantitative estimate of drug-likeness (QED) is 0.451. The van der Waals surface area contributed by atoms with Gasteiger partial charge in [-0.25, -0.2) is 0 Å². The molecular weight excluding hydrogens is 434 g/mol. The zero-order chi connectivity index (χ0) is 22.0. The molecule has 0 aliphatic heterocycles. The molecule has 0 spiro atoms. The summed E-state index contributed by atoms with van der Waals surface area (Å²) < 4.78 is 2.62. The lowest BCUT2D eigenvalue weighted by atomic mass is 10.2. The molecule has 2 heterocycles. The van der Waals surface area contributed by atoms with Gasteiger partial charge in [-0.2, -0.15) is 0 Å². The molecule has 1 atom stereocenters. The van der Waals surface area contributed by atoms with E-state index < -0.39 is 11.1 Å². The van der Waals surface area contributed by atoms with Crippen LogP contribution in [0.1, 0.15) is 23.4 Å². The second kappa shape index (κ2) is 8.91. The fourth-order valence-electron chi connectivity index (χ4n) is 3.51. The Morgan fingerprint density at radius 2 is 1.74 bits per heavy atom. The Labute approximate surface area is 187 Å². The van der Waals surface area contributed by atoms with E-state index in [1.54, 1.807) is 18.2 Å². The van der Waals surface area contributed by atoms with Crippen molar-refractivity contribution in [2.45, 2.75) is 26.1 Å². The number of thiophene rings is 1. The molecule has 4 rings (SSSR count). The van der Waals surface area contributed by atoms with E-state index in [0.29, 0.717) is 16.1 Å². The van der Waals surface area contributed by atoms with Gasteiger partial charge in [0.15, 0.2) is 0 Å². The lowest BCUT2D eigenvalue weighted by molar-refractivity contribution is -0.122. The first-order valence-electron chi connectivity index (χ1n) is 9.73. The van der Waals surface area contributed by atoms with Crippen molar-refractivity contribution in [2.75, 3.05) is 0 Å². The van der Waals surface area contributed by atoms with Crippen molar-refractivity contribution in [3.05, 3.63) is 102 Å². The standard InChI is InChI=1S/C23H20ClN3O3S/c1-15(20-8-5-11-31-20)25-21(28)14-27-19-12-17(24)9-10-18(19)26(22(29)23(27)30)13-16-6-3-2-4-7-16/h2-12,15H,13-14H2,1H3,(H,25,28)/t15-/m0/s1. The molecule has 6 nitrogen and oxygen atoms in total. The van der Waals surface area contributed by atoms with Gasteiger partial charge in [-0.15, -0.1) is 11.3 Å². The maximum absolute atomic E-state index is 13.0. The van der Waals surface area contributed by atoms with Crippen molar-refractivity contribution in [1.82, 2.24) is 14.5 Å². The highest BCUT2D eigenvalue weighted by molar-refractivity contribution is 7.10. The molecular formula is C23H20ClN3O3S. The zero-order valence-corrected chi connectivity index (χ0v) is 18.3. The number of fused-ring (bicyclic) bond motifs is 1. The number of nitrogens with one attached hydrogen (secondary N) is 1. The molecule has 0 aliphatic carbocycles. The number of carbonyl (C=O) groups excluding carboxylic acids is 1. The smallest absolute Gasteiger partial charge is 0.317 e. The van der Waals surface area contributed by atoms with E-state index in [1.165, 1.54) is 20.5 Å². The Morgan fingerprint density at radius 3 is 2.45 bits per heavy atom. The largest absolute Gasteiger partial charge is 0.347 e. The van der Waals surface area contributed by atoms with Gasteiger partial charge in [0.25, 0.3) is 0 Å². The number of hydrogen-bond donors (Lipinski definition) is 1. The predicted molar refractivity (Wildman–Crippen MR) is 124 cm³/mol. The average molecular weight is 454 g/mol. The van der Waals surface area contributed by atoms with Crippen LogP contribution in [0.15, 0.2) is 75.6 Å². The van der Waals surface area contributed by atoms with Gasteiger partial charge < -0.3 is 5.32 Å². The van der Waals surface area contributed by atoms with Crippen LogP contribution in [-0.2, 0) is 17.9 Å². The van der Waals surface area contributed by atoms with E-state index in [4.69, 9.17) is 11.6 Å². The molecule has 4 aromatic rings. The Kier molecular flexibility index (Phi) is 6.06. The summed E-state index contributed by atoms with van der Waals surface area (Å²) in [4.78, 5) is 39.6. The molecule has 0 aliphatic rings. The van der Waals surface area contributed by atoms with Crippen LogP contribution in [0.4, 0.5) is 0 Å². The van der Waals surface area contributed by atoms with E-state index >= 15 is 0 Å². The minimum atomic E-state index is -0.760. The van der Waals surface area contributed by atoms with E-state index in [1.807, 2.05) is 54.8 Å². The molecule has 2 aromatic heterocycles. The SMILES string of the molecule is C[C@H](NC(=O)Cn1c(=O)c(=O)n(Cc2ccccc2)c2ccc(Cl)cc21)c1cccs1. The maximum Gasteiger partial charge on any atom is 0.317 e. The fraction of sp³-hybridized carbons (Fsp3) is 0.174. The number of aromatic nitrogens is 2. The van der Waals surface area contributed by atoms with Crippen LogP contribution < -0.4 is 16.4 Å². The summed E-state index contributed by atoms with van der Waals surface area (Å²) in [6.07, 6.45) is 0. The number of nitrogens with zero attached hydrogens (tertiary/aromatic N) is 2. The molecule has 31 heavy (non-hydrogen) atoms. The molecule has 0 saturated heterocycles. The third kappa shape index (κ3) is 4.47. The first-order valence-corrected chi connectivity index (χ1v) is 11.0. The number of hydrogen-bond acceptors (Lipinski definition) is 4. The van der Waals surface area contributed by atoms with Gasteiger partial charge in [0, 0.05) is 9.90 Å². The van der Waals surface area contributed by atoms with E-state index in [9.17, 15) is 14.4 Å². The summed E-state index contributed by atoms with van der Waals surface area (Å²) in [7, 11) is 0. The lowest BCUT2D eigenvalue weighted by Gasteiger charge is -2.17. The second-order valence-corrected chi connectivity index (χ2v) is 8.62. The number of amides is 1. The van der Waals surface area contributed by atoms with Crippen LogP contribution in [0.5, 0.6) is 0 Å². The fourth-order valence-corrected chi connectivity index (χ4v) is 4.41. The summed E-state index contributed by atoms with van der Waals surface area (Å²) in [5.74, 6) is -0.357.